The van der Waals surface area contributed by atoms with E-state index in [1.54, 1.807) is 7.11 Å². The summed E-state index contributed by atoms with van der Waals surface area (Å²) in [5, 5.41) is 5.29. The molecule has 0 bridgehead atoms. The number of hydrogen-bond donors (Lipinski definition) is 1. The fourth-order valence-electron chi connectivity index (χ4n) is 4.73. The average Bonchev–Trinajstić information content (AvgIpc) is 2.94. The van der Waals surface area contributed by atoms with Crippen molar-refractivity contribution in [3.63, 3.8) is 0 Å². The summed E-state index contributed by atoms with van der Waals surface area (Å²) in [6.07, 6.45) is 3.84. The summed E-state index contributed by atoms with van der Waals surface area (Å²) in [5.74, 6) is 0.958. The maximum absolute atomic E-state index is 13.1. The van der Waals surface area contributed by atoms with Crippen LogP contribution in [0, 0.1) is 5.92 Å². The number of imide groups is 1. The van der Waals surface area contributed by atoms with Gasteiger partial charge in [-0.2, -0.15) is 0 Å². The first-order chi connectivity index (χ1) is 13.9. The van der Waals surface area contributed by atoms with Crippen molar-refractivity contribution in [2.75, 3.05) is 20.8 Å². The number of rotatable bonds is 5. The van der Waals surface area contributed by atoms with E-state index in [0.29, 0.717) is 13.2 Å². The largest absolute Gasteiger partial charge is 0.497 e. The number of ether oxygens (including phenoxy) is 1. The van der Waals surface area contributed by atoms with Gasteiger partial charge in [0.25, 0.3) is 5.91 Å². The van der Waals surface area contributed by atoms with Gasteiger partial charge in [-0.25, -0.2) is 9.69 Å². The van der Waals surface area contributed by atoms with Gasteiger partial charge in [0.1, 0.15) is 11.3 Å². The number of carbonyl (C=O) groups excluding carboxylic acids is 2. The lowest BCUT2D eigenvalue weighted by Crippen LogP contribution is -2.54. The normalized spacial score (nSPS) is 24.6. The Bertz CT molecular complexity index is 944. The van der Waals surface area contributed by atoms with Gasteiger partial charge in [-0.15, -0.1) is 0 Å². The van der Waals surface area contributed by atoms with Crippen LogP contribution in [-0.4, -0.2) is 48.1 Å². The average molecular weight is 396 g/mol. The zero-order valence-corrected chi connectivity index (χ0v) is 17.4. The Hall–Kier alpha value is -2.60. The number of methoxy groups -OCH3 is 1. The summed E-state index contributed by atoms with van der Waals surface area (Å²) in [4.78, 5) is 29.1. The molecular weight excluding hydrogens is 366 g/mol. The van der Waals surface area contributed by atoms with Crippen LogP contribution in [0.1, 0.15) is 38.2 Å². The van der Waals surface area contributed by atoms with Crippen molar-refractivity contribution in [2.45, 2.75) is 44.7 Å². The van der Waals surface area contributed by atoms with E-state index in [2.05, 4.69) is 30.4 Å². The molecule has 1 aliphatic carbocycles. The van der Waals surface area contributed by atoms with E-state index in [9.17, 15) is 9.59 Å². The number of nitrogens with zero attached hydrogens (tertiary/aromatic N) is 2. The standard InChI is InChI=1S/C23H29N3O3/c1-16-6-4-5-11-23(16)21(27)26(22(28)24-23)15-25(2)14-17-7-8-19-13-20(29-3)10-9-18(19)12-17/h7-10,12-13,16H,4-6,11,14-15H2,1-3H3,(H,24,28)/t16-,23+/m0/s1. The first-order valence-electron chi connectivity index (χ1n) is 10.3. The number of benzene rings is 2. The molecule has 3 amide bonds. The third kappa shape index (κ3) is 3.57. The molecule has 1 saturated carbocycles. The van der Waals surface area contributed by atoms with Gasteiger partial charge in [-0.05, 0) is 60.3 Å². The molecule has 154 valence electrons. The highest BCUT2D eigenvalue weighted by Gasteiger charge is 2.54. The summed E-state index contributed by atoms with van der Waals surface area (Å²) >= 11 is 0. The van der Waals surface area contributed by atoms with Gasteiger partial charge in [0, 0.05) is 6.54 Å². The molecule has 4 rings (SSSR count). The number of nitrogens with one attached hydrogen (secondary N) is 1. The molecule has 0 aromatic heterocycles. The maximum Gasteiger partial charge on any atom is 0.326 e. The van der Waals surface area contributed by atoms with Crippen molar-refractivity contribution in [3.8, 4) is 5.75 Å². The molecule has 1 heterocycles. The van der Waals surface area contributed by atoms with E-state index >= 15 is 0 Å². The Labute approximate surface area is 171 Å². The number of urea groups is 1. The Balaban J connectivity index is 1.45. The minimum Gasteiger partial charge on any atom is -0.497 e. The Morgan fingerprint density at radius 1 is 1.17 bits per heavy atom. The molecule has 2 atom stereocenters. The fourth-order valence-corrected chi connectivity index (χ4v) is 4.73. The molecule has 6 nitrogen and oxygen atoms in total. The van der Waals surface area contributed by atoms with Gasteiger partial charge in [0.2, 0.25) is 0 Å². The second-order valence-electron chi connectivity index (χ2n) is 8.48. The molecule has 1 N–H and O–H groups in total. The molecule has 1 saturated heterocycles. The number of hydrogen-bond acceptors (Lipinski definition) is 4. The van der Waals surface area contributed by atoms with Crippen molar-refractivity contribution in [1.29, 1.82) is 0 Å². The number of carbonyl (C=O) groups is 2. The molecule has 6 heteroatoms. The van der Waals surface area contributed by atoms with Crippen molar-refractivity contribution >= 4 is 22.7 Å². The summed E-state index contributed by atoms with van der Waals surface area (Å²) in [6, 6.07) is 12.0. The van der Waals surface area contributed by atoms with Crippen LogP contribution in [-0.2, 0) is 11.3 Å². The van der Waals surface area contributed by atoms with E-state index < -0.39 is 5.54 Å². The highest BCUT2D eigenvalue weighted by Crippen LogP contribution is 2.38. The zero-order chi connectivity index (χ0) is 20.6. The van der Waals surface area contributed by atoms with Crippen LogP contribution in [0.15, 0.2) is 36.4 Å². The topological polar surface area (TPSA) is 61.9 Å². The fraction of sp³-hybridized carbons (Fsp3) is 0.478. The lowest BCUT2D eigenvalue weighted by molar-refractivity contribution is -0.135. The minimum absolute atomic E-state index is 0.0628. The molecule has 2 aromatic rings. The predicted octanol–water partition coefficient (Wildman–Crippen LogP) is 3.74. The molecule has 2 aliphatic rings. The van der Waals surface area contributed by atoms with E-state index in [1.165, 1.54) is 4.90 Å². The Kier molecular flexibility index (Phi) is 5.21. The van der Waals surface area contributed by atoms with Gasteiger partial charge in [-0.1, -0.05) is 38.0 Å². The van der Waals surface area contributed by atoms with Crippen molar-refractivity contribution in [3.05, 3.63) is 42.0 Å². The Morgan fingerprint density at radius 2 is 1.93 bits per heavy atom. The van der Waals surface area contributed by atoms with Crippen LogP contribution in [0.4, 0.5) is 4.79 Å². The van der Waals surface area contributed by atoms with Crippen LogP contribution in [0.5, 0.6) is 5.75 Å². The first-order valence-corrected chi connectivity index (χ1v) is 10.3. The van der Waals surface area contributed by atoms with Crippen LogP contribution in [0.2, 0.25) is 0 Å². The first kappa shape index (κ1) is 19.7. The summed E-state index contributed by atoms with van der Waals surface area (Å²) < 4.78 is 5.28. The SMILES string of the molecule is COc1ccc2cc(CN(C)CN3C(=O)N[C@@]4(CCCC[C@@H]4C)C3=O)ccc2c1. The molecule has 2 fully saturated rings. The predicted molar refractivity (Wildman–Crippen MR) is 113 cm³/mol. The summed E-state index contributed by atoms with van der Waals surface area (Å²) in [6.45, 7) is 3.02. The second kappa shape index (κ2) is 7.67. The van der Waals surface area contributed by atoms with Crippen LogP contribution in [0.25, 0.3) is 10.8 Å². The summed E-state index contributed by atoms with van der Waals surface area (Å²) in [5.41, 5.74) is 0.441. The lowest BCUT2D eigenvalue weighted by Gasteiger charge is -2.37. The van der Waals surface area contributed by atoms with Crippen LogP contribution < -0.4 is 10.1 Å². The quantitative estimate of drug-likeness (QED) is 0.784. The monoisotopic (exact) mass is 395 g/mol. The molecule has 0 unspecified atom stereocenters. The van der Waals surface area contributed by atoms with E-state index in [1.807, 2.05) is 30.1 Å². The molecule has 0 radical (unpaired) electrons. The van der Waals surface area contributed by atoms with Gasteiger partial charge >= 0.3 is 6.03 Å². The highest BCUT2D eigenvalue weighted by atomic mass is 16.5. The van der Waals surface area contributed by atoms with Gasteiger partial charge in [0.15, 0.2) is 0 Å². The van der Waals surface area contributed by atoms with E-state index in [0.717, 1.165) is 47.8 Å². The number of amides is 3. The van der Waals surface area contributed by atoms with Crippen LogP contribution >= 0.6 is 0 Å². The highest BCUT2D eigenvalue weighted by molar-refractivity contribution is 6.07. The number of fused-ring (bicyclic) bond motifs is 1. The minimum atomic E-state index is -0.696. The van der Waals surface area contributed by atoms with Gasteiger partial charge in [0.05, 0.1) is 13.8 Å². The second-order valence-corrected chi connectivity index (χ2v) is 8.48. The van der Waals surface area contributed by atoms with E-state index in [4.69, 9.17) is 4.74 Å². The Morgan fingerprint density at radius 3 is 2.69 bits per heavy atom. The lowest BCUT2D eigenvalue weighted by atomic mass is 9.73. The molecule has 29 heavy (non-hydrogen) atoms. The molecular formula is C23H29N3O3. The smallest absolute Gasteiger partial charge is 0.326 e. The van der Waals surface area contributed by atoms with Crippen molar-refractivity contribution in [2.24, 2.45) is 5.92 Å². The summed E-state index contributed by atoms with van der Waals surface area (Å²) in [7, 11) is 3.60. The van der Waals surface area contributed by atoms with E-state index in [-0.39, 0.29) is 17.9 Å². The van der Waals surface area contributed by atoms with Crippen LogP contribution in [0.3, 0.4) is 0 Å². The van der Waals surface area contributed by atoms with Gasteiger partial charge < -0.3 is 10.1 Å². The van der Waals surface area contributed by atoms with Crippen molar-refractivity contribution in [1.82, 2.24) is 15.1 Å². The molecule has 2 aromatic carbocycles. The van der Waals surface area contributed by atoms with Gasteiger partial charge in [-0.3, -0.25) is 9.69 Å². The maximum atomic E-state index is 13.1. The van der Waals surface area contributed by atoms with Crippen molar-refractivity contribution < 1.29 is 14.3 Å². The third-order valence-corrected chi connectivity index (χ3v) is 6.45. The zero-order valence-electron chi connectivity index (χ0n) is 17.4. The molecule has 1 aliphatic heterocycles. The molecule has 1 spiro atoms. The third-order valence-electron chi connectivity index (χ3n) is 6.45.